The maximum Gasteiger partial charge on any atom is 0.0351 e. The van der Waals surface area contributed by atoms with Crippen LogP contribution in [0.2, 0.25) is 0 Å². The Kier molecular flexibility index (Phi) is 4.71. The molecule has 2 rings (SSSR count). The Morgan fingerprint density at radius 2 is 2.09 bits per heavy atom. The summed E-state index contributed by atoms with van der Waals surface area (Å²) < 4.78 is 0. The largest absolute Gasteiger partial charge is 0.311 e. The molecule has 0 aromatic carbocycles. The van der Waals surface area contributed by atoms with Crippen molar-refractivity contribution in [1.29, 1.82) is 0 Å². The maximum absolute atomic E-state index is 3.51. The Bertz CT molecular complexity index is 119. The highest BCUT2D eigenvalue weighted by molar-refractivity contribution is 5.85. The van der Waals surface area contributed by atoms with Gasteiger partial charge < -0.3 is 10.2 Å². The minimum Gasteiger partial charge on any atom is -0.311 e. The van der Waals surface area contributed by atoms with Crippen LogP contribution in [0.5, 0.6) is 0 Å². The van der Waals surface area contributed by atoms with Crippen molar-refractivity contribution in [2.45, 2.75) is 24.9 Å². The predicted octanol–water partition coefficient (Wildman–Crippen LogP) is 0.896. The van der Waals surface area contributed by atoms with Gasteiger partial charge in [-0.1, -0.05) is 0 Å². The zero-order valence-electron chi connectivity index (χ0n) is 6.75. The third kappa shape index (κ3) is 2.00. The minimum absolute atomic E-state index is 0. The van der Waals surface area contributed by atoms with Gasteiger partial charge in [-0.25, -0.2) is 0 Å². The molecule has 2 unspecified atom stereocenters. The summed E-state index contributed by atoms with van der Waals surface area (Å²) in [7, 11) is 2.22. The Balaban J connectivity index is 0.000000500. The van der Waals surface area contributed by atoms with Gasteiger partial charge in [0.1, 0.15) is 0 Å². The highest BCUT2D eigenvalue weighted by Crippen LogP contribution is 2.23. The van der Waals surface area contributed by atoms with Gasteiger partial charge in [0, 0.05) is 18.6 Å². The molecular weight excluding hydrogens is 183 g/mol. The van der Waals surface area contributed by atoms with Crippen LogP contribution < -0.4 is 5.32 Å². The molecular formula is C7H16Cl2N2. The standard InChI is InChI=1S/C7H14N2.2ClH/c1-9-5-6-7(9)3-2-4-8-6;;/h6-8H,2-5H2,1H3;2*1H. The SMILES string of the molecule is CN1CC2NCCCC21.Cl.Cl. The number of halogens is 2. The minimum atomic E-state index is 0. The van der Waals surface area contributed by atoms with Crippen molar-refractivity contribution in [3.63, 3.8) is 0 Å². The van der Waals surface area contributed by atoms with E-state index in [-0.39, 0.29) is 24.8 Å². The predicted molar refractivity (Wildman–Crippen MR) is 51.9 cm³/mol. The average Bonchev–Trinajstić information content (AvgIpc) is 1.86. The number of nitrogens with one attached hydrogen (secondary N) is 1. The summed E-state index contributed by atoms with van der Waals surface area (Å²) in [6.07, 6.45) is 2.78. The molecule has 0 aromatic heterocycles. The Hall–Kier alpha value is 0.500. The molecule has 2 aliphatic heterocycles. The molecule has 0 radical (unpaired) electrons. The Labute approximate surface area is 80.5 Å². The summed E-state index contributed by atoms with van der Waals surface area (Å²) in [5, 5.41) is 3.51. The van der Waals surface area contributed by atoms with Gasteiger partial charge in [0.2, 0.25) is 0 Å². The van der Waals surface area contributed by atoms with Gasteiger partial charge in [0.15, 0.2) is 0 Å². The van der Waals surface area contributed by atoms with Gasteiger partial charge >= 0.3 is 0 Å². The number of likely N-dealkylation sites (tertiary alicyclic amines) is 1. The zero-order valence-corrected chi connectivity index (χ0v) is 8.38. The fourth-order valence-corrected chi connectivity index (χ4v) is 1.96. The maximum atomic E-state index is 3.51. The molecule has 0 amide bonds. The second-order valence-corrected chi connectivity index (χ2v) is 3.21. The number of fused-ring (bicyclic) bond motifs is 1. The van der Waals surface area contributed by atoms with Crippen molar-refractivity contribution in [3.8, 4) is 0 Å². The van der Waals surface area contributed by atoms with E-state index in [2.05, 4.69) is 17.3 Å². The second-order valence-electron chi connectivity index (χ2n) is 3.21. The highest BCUT2D eigenvalue weighted by Gasteiger charge is 2.36. The molecule has 2 heterocycles. The lowest BCUT2D eigenvalue weighted by atomic mass is 9.90. The molecule has 0 saturated carbocycles. The van der Waals surface area contributed by atoms with Crippen LogP contribution >= 0.6 is 24.8 Å². The van der Waals surface area contributed by atoms with Gasteiger partial charge in [0.05, 0.1) is 0 Å². The van der Waals surface area contributed by atoms with Crippen LogP contribution in [-0.4, -0.2) is 37.1 Å². The first kappa shape index (κ1) is 11.5. The van der Waals surface area contributed by atoms with Crippen molar-refractivity contribution in [3.05, 3.63) is 0 Å². The fourth-order valence-electron chi connectivity index (χ4n) is 1.96. The molecule has 2 fully saturated rings. The van der Waals surface area contributed by atoms with Gasteiger partial charge in [-0.3, -0.25) is 0 Å². The smallest absolute Gasteiger partial charge is 0.0351 e. The molecule has 4 heteroatoms. The van der Waals surface area contributed by atoms with E-state index in [1.54, 1.807) is 0 Å². The quantitative estimate of drug-likeness (QED) is 0.623. The van der Waals surface area contributed by atoms with Crippen LogP contribution in [-0.2, 0) is 0 Å². The van der Waals surface area contributed by atoms with Crippen LogP contribution in [0.4, 0.5) is 0 Å². The molecule has 0 aliphatic carbocycles. The summed E-state index contributed by atoms with van der Waals surface area (Å²) in [6, 6.07) is 1.71. The molecule has 0 spiro atoms. The lowest BCUT2D eigenvalue weighted by Crippen LogP contribution is -2.66. The van der Waals surface area contributed by atoms with E-state index in [1.807, 2.05) is 0 Å². The fraction of sp³-hybridized carbons (Fsp3) is 1.00. The number of rotatable bonds is 0. The molecule has 2 saturated heterocycles. The molecule has 68 valence electrons. The van der Waals surface area contributed by atoms with E-state index >= 15 is 0 Å². The van der Waals surface area contributed by atoms with Crippen LogP contribution in [0, 0.1) is 0 Å². The van der Waals surface area contributed by atoms with E-state index < -0.39 is 0 Å². The van der Waals surface area contributed by atoms with Crippen molar-refractivity contribution in [2.24, 2.45) is 0 Å². The molecule has 11 heavy (non-hydrogen) atoms. The van der Waals surface area contributed by atoms with Gasteiger partial charge in [-0.2, -0.15) is 0 Å². The average molecular weight is 199 g/mol. The lowest BCUT2D eigenvalue weighted by molar-refractivity contribution is 0.0447. The first-order chi connectivity index (χ1) is 4.38. The summed E-state index contributed by atoms with van der Waals surface area (Å²) in [5.41, 5.74) is 0. The van der Waals surface area contributed by atoms with E-state index in [0.29, 0.717) is 0 Å². The number of likely N-dealkylation sites (N-methyl/N-ethyl adjacent to an activating group) is 1. The molecule has 2 atom stereocenters. The number of hydrogen-bond donors (Lipinski definition) is 1. The van der Waals surface area contributed by atoms with Crippen LogP contribution in [0.15, 0.2) is 0 Å². The molecule has 2 aliphatic rings. The van der Waals surface area contributed by atoms with E-state index in [1.165, 1.54) is 25.9 Å². The van der Waals surface area contributed by atoms with Crippen molar-refractivity contribution in [1.82, 2.24) is 10.2 Å². The Morgan fingerprint density at radius 3 is 2.55 bits per heavy atom. The Morgan fingerprint density at radius 1 is 1.36 bits per heavy atom. The normalized spacial score (nSPS) is 35.7. The topological polar surface area (TPSA) is 15.3 Å². The van der Waals surface area contributed by atoms with Gasteiger partial charge in [-0.15, -0.1) is 24.8 Å². The van der Waals surface area contributed by atoms with E-state index in [9.17, 15) is 0 Å². The summed E-state index contributed by atoms with van der Waals surface area (Å²) in [4.78, 5) is 2.44. The molecule has 2 nitrogen and oxygen atoms in total. The summed E-state index contributed by atoms with van der Waals surface area (Å²) in [6.45, 7) is 2.51. The first-order valence-electron chi connectivity index (χ1n) is 3.81. The number of piperidine rings is 1. The van der Waals surface area contributed by atoms with Crippen LogP contribution in [0.3, 0.4) is 0 Å². The molecule has 1 N–H and O–H groups in total. The van der Waals surface area contributed by atoms with Gasteiger partial charge in [-0.05, 0) is 26.4 Å². The van der Waals surface area contributed by atoms with E-state index in [4.69, 9.17) is 0 Å². The van der Waals surface area contributed by atoms with Crippen molar-refractivity contribution in [2.75, 3.05) is 20.1 Å². The highest BCUT2D eigenvalue weighted by atomic mass is 35.5. The summed E-state index contributed by atoms with van der Waals surface area (Å²) in [5.74, 6) is 0. The summed E-state index contributed by atoms with van der Waals surface area (Å²) >= 11 is 0. The lowest BCUT2D eigenvalue weighted by Gasteiger charge is -2.49. The third-order valence-electron chi connectivity index (χ3n) is 2.60. The third-order valence-corrected chi connectivity index (χ3v) is 2.60. The zero-order chi connectivity index (χ0) is 6.27. The van der Waals surface area contributed by atoms with Crippen molar-refractivity contribution >= 4 is 24.8 Å². The first-order valence-corrected chi connectivity index (χ1v) is 3.81. The van der Waals surface area contributed by atoms with Gasteiger partial charge in [0.25, 0.3) is 0 Å². The van der Waals surface area contributed by atoms with Crippen molar-refractivity contribution < 1.29 is 0 Å². The number of nitrogens with zero attached hydrogens (tertiary/aromatic N) is 1. The number of hydrogen-bond acceptors (Lipinski definition) is 2. The molecule has 0 bridgehead atoms. The molecule has 0 aromatic rings. The van der Waals surface area contributed by atoms with E-state index in [0.717, 1.165) is 12.1 Å². The van der Waals surface area contributed by atoms with Crippen LogP contribution in [0.1, 0.15) is 12.8 Å². The second kappa shape index (κ2) is 4.51. The van der Waals surface area contributed by atoms with Crippen LogP contribution in [0.25, 0.3) is 0 Å². The monoisotopic (exact) mass is 198 g/mol.